The Morgan fingerprint density at radius 3 is 2.00 bits per heavy atom. The predicted octanol–water partition coefficient (Wildman–Crippen LogP) is 2.32. The van der Waals surface area contributed by atoms with E-state index in [0.29, 0.717) is 0 Å². The molecular weight excluding hydrogens is 183 g/mol. The number of nitrogens with zero attached hydrogens (tertiary/aromatic N) is 2. The average Bonchev–Trinajstić information content (AvgIpc) is 2.06. The van der Waals surface area contributed by atoms with Crippen LogP contribution in [0.1, 0.15) is 5.56 Å². The van der Waals surface area contributed by atoms with Crippen LogP contribution in [0.5, 0.6) is 0 Å². The molecule has 0 radical (unpaired) electrons. The molecule has 1 rings (SSSR count). The molecule has 0 aliphatic carbocycles. The Balaban J connectivity index is 0.000000671. The summed E-state index contributed by atoms with van der Waals surface area (Å²) in [6, 6.07) is 4.57. The van der Waals surface area contributed by atoms with Crippen LogP contribution in [-0.2, 0) is 6.18 Å². The van der Waals surface area contributed by atoms with E-state index in [1.165, 1.54) is 12.1 Å². The number of rotatable bonds is 0. The van der Waals surface area contributed by atoms with E-state index in [9.17, 15) is 13.2 Å². The van der Waals surface area contributed by atoms with Crippen LogP contribution in [0.25, 0.3) is 0 Å². The van der Waals surface area contributed by atoms with Gasteiger partial charge in [-0.1, -0.05) is 6.07 Å². The summed E-state index contributed by atoms with van der Waals surface area (Å²) in [5.74, 6) is 0. The number of nitrogen functional groups attached to an aromatic ring is 1. The molecule has 1 aromatic carbocycles. The lowest BCUT2D eigenvalue weighted by molar-refractivity contribution is -0.137. The molecule has 13 heavy (non-hydrogen) atoms. The number of hydrogen-bond donors (Lipinski definition) is 1. The summed E-state index contributed by atoms with van der Waals surface area (Å²) in [6.45, 7) is 0. The van der Waals surface area contributed by atoms with Gasteiger partial charge < -0.3 is 5.73 Å². The van der Waals surface area contributed by atoms with Crippen molar-refractivity contribution in [1.29, 1.82) is 10.8 Å². The molecule has 6 heteroatoms. The van der Waals surface area contributed by atoms with Crippen LogP contribution in [0.15, 0.2) is 24.3 Å². The lowest BCUT2D eigenvalue weighted by Crippen LogP contribution is -2.04. The highest BCUT2D eigenvalue weighted by Gasteiger charge is 2.30. The molecule has 1 aromatic rings. The van der Waals surface area contributed by atoms with E-state index in [-0.39, 0.29) is 5.69 Å². The summed E-state index contributed by atoms with van der Waals surface area (Å²) >= 11 is 0. The van der Waals surface area contributed by atoms with Gasteiger partial charge in [0.15, 0.2) is 0 Å². The molecule has 0 spiro atoms. The highest BCUT2D eigenvalue weighted by atomic mass is 19.4. The van der Waals surface area contributed by atoms with Gasteiger partial charge in [-0.15, -0.1) is 0 Å². The van der Waals surface area contributed by atoms with Crippen LogP contribution in [0, 0.1) is 10.8 Å². The fraction of sp³-hybridized carbons (Fsp3) is 0.143. The molecule has 0 atom stereocenters. The van der Waals surface area contributed by atoms with E-state index in [0.717, 1.165) is 12.1 Å². The summed E-state index contributed by atoms with van der Waals surface area (Å²) in [6.07, 6.45) is -4.30. The summed E-state index contributed by atoms with van der Waals surface area (Å²) in [7, 11) is 0. The smallest absolute Gasteiger partial charge is 0.399 e. The van der Waals surface area contributed by atoms with Crippen molar-refractivity contribution in [2.45, 2.75) is 6.18 Å². The van der Waals surface area contributed by atoms with E-state index >= 15 is 0 Å². The fourth-order valence-corrected chi connectivity index (χ4v) is 0.715. The Bertz CT molecular complexity index is 293. The van der Waals surface area contributed by atoms with Gasteiger partial charge in [0.25, 0.3) is 0 Å². The van der Waals surface area contributed by atoms with Crippen molar-refractivity contribution in [3.05, 3.63) is 29.8 Å². The topological polar surface area (TPSA) is 73.6 Å². The SMILES string of the molecule is N#N.Nc1cccc(C(F)(F)F)c1. The van der Waals surface area contributed by atoms with Crippen LogP contribution in [0.4, 0.5) is 18.9 Å². The third kappa shape index (κ3) is 3.42. The van der Waals surface area contributed by atoms with E-state index in [1.54, 1.807) is 0 Å². The second-order valence-electron chi connectivity index (χ2n) is 2.12. The first-order valence-corrected chi connectivity index (χ1v) is 3.13. The van der Waals surface area contributed by atoms with Crippen LogP contribution in [0.2, 0.25) is 0 Å². The van der Waals surface area contributed by atoms with Crippen molar-refractivity contribution in [3.8, 4) is 0 Å². The number of anilines is 1. The Hall–Kier alpha value is -1.77. The zero-order valence-corrected chi connectivity index (χ0v) is 6.42. The van der Waals surface area contributed by atoms with Gasteiger partial charge in [-0.25, -0.2) is 0 Å². The number of hydrogen-bond acceptors (Lipinski definition) is 3. The minimum atomic E-state index is -4.30. The van der Waals surface area contributed by atoms with Crippen LogP contribution in [-0.4, -0.2) is 0 Å². The molecule has 0 saturated heterocycles. The first-order valence-electron chi connectivity index (χ1n) is 3.13. The minimum absolute atomic E-state index is 0.125. The Labute approximate surface area is 72.4 Å². The Morgan fingerprint density at radius 2 is 1.69 bits per heavy atom. The summed E-state index contributed by atoms with van der Waals surface area (Å²) in [5, 5.41) is 12.0. The van der Waals surface area contributed by atoms with Crippen LogP contribution in [0.3, 0.4) is 0 Å². The summed E-state index contributed by atoms with van der Waals surface area (Å²) in [4.78, 5) is 0. The van der Waals surface area contributed by atoms with Crippen molar-refractivity contribution >= 4 is 5.69 Å². The monoisotopic (exact) mass is 189 g/mol. The molecule has 0 heterocycles. The number of halogens is 3. The fourth-order valence-electron chi connectivity index (χ4n) is 0.715. The van der Waals surface area contributed by atoms with E-state index in [2.05, 4.69) is 0 Å². The van der Waals surface area contributed by atoms with Gasteiger partial charge in [-0.05, 0) is 18.2 Å². The number of benzene rings is 1. The first kappa shape index (κ1) is 11.2. The third-order valence-electron chi connectivity index (χ3n) is 1.21. The van der Waals surface area contributed by atoms with Gasteiger partial charge in [-0.2, -0.15) is 13.2 Å². The molecule has 0 unspecified atom stereocenters. The predicted molar refractivity (Wildman–Crippen MR) is 39.3 cm³/mol. The van der Waals surface area contributed by atoms with Gasteiger partial charge >= 0.3 is 6.18 Å². The molecule has 0 saturated carbocycles. The van der Waals surface area contributed by atoms with Gasteiger partial charge in [0.1, 0.15) is 0 Å². The maximum absolute atomic E-state index is 11.9. The Morgan fingerprint density at radius 1 is 1.15 bits per heavy atom. The van der Waals surface area contributed by atoms with E-state index in [4.69, 9.17) is 16.5 Å². The van der Waals surface area contributed by atoms with E-state index < -0.39 is 11.7 Å². The van der Waals surface area contributed by atoms with Crippen molar-refractivity contribution in [2.75, 3.05) is 5.73 Å². The molecule has 0 amide bonds. The second-order valence-corrected chi connectivity index (χ2v) is 2.12. The molecule has 2 N–H and O–H groups in total. The first-order chi connectivity index (χ1) is 6.00. The molecule has 0 aliphatic rings. The van der Waals surface area contributed by atoms with Gasteiger partial charge in [0.2, 0.25) is 0 Å². The standard InChI is InChI=1S/C7H6F3N.N2/c8-7(9,10)5-2-1-3-6(11)4-5;1-2/h1-4H,11H2;. The number of alkyl halides is 3. The molecule has 0 fully saturated rings. The van der Waals surface area contributed by atoms with Crippen molar-refractivity contribution in [3.63, 3.8) is 0 Å². The van der Waals surface area contributed by atoms with Gasteiger partial charge in [-0.3, -0.25) is 0 Å². The second kappa shape index (κ2) is 4.30. The lowest BCUT2D eigenvalue weighted by Gasteiger charge is -2.05. The molecule has 70 valence electrons. The van der Waals surface area contributed by atoms with Crippen molar-refractivity contribution in [2.24, 2.45) is 0 Å². The van der Waals surface area contributed by atoms with Gasteiger partial charge in [0, 0.05) is 16.5 Å². The zero-order valence-electron chi connectivity index (χ0n) is 6.42. The summed E-state index contributed by atoms with van der Waals surface area (Å²) < 4.78 is 35.7. The Kier molecular flexibility index (Phi) is 3.72. The lowest BCUT2D eigenvalue weighted by atomic mass is 10.2. The largest absolute Gasteiger partial charge is 0.416 e. The van der Waals surface area contributed by atoms with Gasteiger partial charge in [0.05, 0.1) is 5.56 Å². The molecule has 0 bridgehead atoms. The van der Waals surface area contributed by atoms with Crippen molar-refractivity contribution in [1.82, 2.24) is 0 Å². The highest BCUT2D eigenvalue weighted by molar-refractivity contribution is 5.41. The molecule has 0 aliphatic heterocycles. The molecular formula is C7H6F3N3. The minimum Gasteiger partial charge on any atom is -0.399 e. The van der Waals surface area contributed by atoms with Crippen LogP contribution < -0.4 is 5.73 Å². The third-order valence-corrected chi connectivity index (χ3v) is 1.21. The maximum atomic E-state index is 11.9. The average molecular weight is 189 g/mol. The van der Waals surface area contributed by atoms with Crippen LogP contribution >= 0.6 is 0 Å². The molecule has 0 aromatic heterocycles. The highest BCUT2D eigenvalue weighted by Crippen LogP contribution is 2.29. The zero-order chi connectivity index (χ0) is 10.5. The normalized spacial score (nSPS) is 9.92. The number of nitrogens with two attached hydrogens (primary N) is 1. The molecule has 3 nitrogen and oxygen atoms in total. The quantitative estimate of drug-likeness (QED) is 0.502. The van der Waals surface area contributed by atoms with Crippen molar-refractivity contribution < 1.29 is 13.2 Å². The van der Waals surface area contributed by atoms with E-state index in [1.807, 2.05) is 0 Å². The summed E-state index contributed by atoms with van der Waals surface area (Å²) in [5.41, 5.74) is 4.57. The maximum Gasteiger partial charge on any atom is 0.416 e.